The summed E-state index contributed by atoms with van der Waals surface area (Å²) >= 11 is 12.0. The molecule has 0 saturated carbocycles. The van der Waals surface area contributed by atoms with Gasteiger partial charge in [-0.3, -0.25) is 9.69 Å². The number of nitrogens with two attached hydrogens (primary N) is 1. The third-order valence-corrected chi connectivity index (χ3v) is 4.43. The van der Waals surface area contributed by atoms with Crippen LogP contribution in [0.25, 0.3) is 0 Å². The standard InChI is InChI=1S/C16H18Cl2N6O/c17-11-3-1-2-4-12(11)20-15(25)10-23-5-7-24(8-6-23)14-9-13(18)21-16(19)22-14/h1-4,9H,5-8,10H2,(H,20,25)(H2,19,21,22). The van der Waals surface area contributed by atoms with Crippen molar-refractivity contribution in [1.29, 1.82) is 0 Å². The van der Waals surface area contributed by atoms with E-state index in [1.807, 2.05) is 12.1 Å². The summed E-state index contributed by atoms with van der Waals surface area (Å²) in [7, 11) is 0. The Balaban J connectivity index is 1.52. The highest BCUT2D eigenvalue weighted by molar-refractivity contribution is 6.33. The van der Waals surface area contributed by atoms with Crippen molar-refractivity contribution in [3.63, 3.8) is 0 Å². The minimum absolute atomic E-state index is 0.0872. The Morgan fingerprint density at radius 1 is 1.16 bits per heavy atom. The molecule has 2 aromatic rings. The minimum atomic E-state index is -0.0872. The number of hydrogen-bond donors (Lipinski definition) is 2. The van der Waals surface area contributed by atoms with Crippen molar-refractivity contribution < 1.29 is 4.79 Å². The summed E-state index contributed by atoms with van der Waals surface area (Å²) in [6.45, 7) is 3.24. The van der Waals surface area contributed by atoms with Crippen LogP contribution in [0.3, 0.4) is 0 Å². The lowest BCUT2D eigenvalue weighted by molar-refractivity contribution is -0.117. The molecular formula is C16H18Cl2N6O. The summed E-state index contributed by atoms with van der Waals surface area (Å²) in [6, 6.07) is 8.87. The molecule has 3 rings (SSSR count). The van der Waals surface area contributed by atoms with Crippen LogP contribution >= 0.6 is 23.2 Å². The van der Waals surface area contributed by atoms with E-state index in [4.69, 9.17) is 28.9 Å². The quantitative estimate of drug-likeness (QED) is 0.789. The van der Waals surface area contributed by atoms with E-state index >= 15 is 0 Å². The molecule has 0 unspecified atom stereocenters. The van der Waals surface area contributed by atoms with E-state index in [1.165, 1.54) is 0 Å². The van der Waals surface area contributed by atoms with Gasteiger partial charge in [-0.15, -0.1) is 0 Å². The van der Waals surface area contributed by atoms with Crippen LogP contribution in [0.4, 0.5) is 17.5 Å². The fraction of sp³-hybridized carbons (Fsp3) is 0.312. The van der Waals surface area contributed by atoms with Crippen LogP contribution in [0, 0.1) is 0 Å². The van der Waals surface area contributed by atoms with E-state index in [9.17, 15) is 4.79 Å². The van der Waals surface area contributed by atoms with Gasteiger partial charge in [-0.25, -0.2) is 4.98 Å². The molecule has 0 spiro atoms. The van der Waals surface area contributed by atoms with E-state index in [0.29, 0.717) is 28.2 Å². The monoisotopic (exact) mass is 380 g/mol. The summed E-state index contributed by atoms with van der Waals surface area (Å²) in [5, 5.41) is 3.68. The van der Waals surface area contributed by atoms with E-state index in [0.717, 1.165) is 26.2 Å². The molecule has 1 aliphatic rings. The van der Waals surface area contributed by atoms with Gasteiger partial charge in [0.05, 0.1) is 17.3 Å². The second-order valence-corrected chi connectivity index (χ2v) is 6.49. The number of anilines is 3. The normalized spacial score (nSPS) is 15.2. The van der Waals surface area contributed by atoms with Gasteiger partial charge in [0.2, 0.25) is 11.9 Å². The van der Waals surface area contributed by atoms with Crippen LogP contribution in [0.1, 0.15) is 0 Å². The molecule has 0 radical (unpaired) electrons. The van der Waals surface area contributed by atoms with Crippen LogP contribution in [-0.4, -0.2) is 53.5 Å². The predicted molar refractivity (Wildman–Crippen MR) is 100 cm³/mol. The Bertz CT molecular complexity index is 744. The molecule has 1 aromatic carbocycles. The van der Waals surface area contributed by atoms with Crippen molar-refractivity contribution in [3.8, 4) is 0 Å². The van der Waals surface area contributed by atoms with Crippen molar-refractivity contribution in [2.24, 2.45) is 0 Å². The Hall–Kier alpha value is -2.09. The number of hydrogen-bond acceptors (Lipinski definition) is 6. The van der Waals surface area contributed by atoms with Gasteiger partial charge in [0.15, 0.2) is 0 Å². The molecule has 3 N–H and O–H groups in total. The molecule has 132 valence electrons. The number of nitrogens with zero attached hydrogens (tertiary/aromatic N) is 4. The number of halogens is 2. The maximum atomic E-state index is 12.2. The van der Waals surface area contributed by atoms with Crippen LogP contribution in [-0.2, 0) is 4.79 Å². The Morgan fingerprint density at radius 2 is 1.88 bits per heavy atom. The van der Waals surface area contributed by atoms with E-state index < -0.39 is 0 Å². The number of rotatable bonds is 4. The topological polar surface area (TPSA) is 87.4 Å². The fourth-order valence-corrected chi connectivity index (χ4v) is 3.04. The largest absolute Gasteiger partial charge is 0.368 e. The number of carbonyl (C=O) groups excluding carboxylic acids is 1. The molecular weight excluding hydrogens is 363 g/mol. The Morgan fingerprint density at radius 3 is 2.56 bits per heavy atom. The molecule has 0 bridgehead atoms. The molecule has 0 atom stereocenters. The molecule has 9 heteroatoms. The highest BCUT2D eigenvalue weighted by Crippen LogP contribution is 2.21. The number of para-hydroxylation sites is 1. The number of nitrogens with one attached hydrogen (secondary N) is 1. The van der Waals surface area contributed by atoms with Gasteiger partial charge < -0.3 is 16.0 Å². The van der Waals surface area contributed by atoms with Crippen molar-refractivity contribution in [2.45, 2.75) is 0 Å². The number of carbonyl (C=O) groups is 1. The zero-order valence-electron chi connectivity index (χ0n) is 13.5. The second-order valence-electron chi connectivity index (χ2n) is 5.70. The molecule has 1 fully saturated rings. The van der Waals surface area contributed by atoms with Crippen molar-refractivity contribution in [3.05, 3.63) is 40.5 Å². The van der Waals surface area contributed by atoms with Gasteiger partial charge in [0, 0.05) is 32.2 Å². The Labute approximate surface area is 155 Å². The number of benzene rings is 1. The maximum Gasteiger partial charge on any atom is 0.238 e. The third kappa shape index (κ3) is 4.72. The van der Waals surface area contributed by atoms with Crippen LogP contribution < -0.4 is 16.0 Å². The average molecular weight is 381 g/mol. The molecule has 1 aliphatic heterocycles. The first-order valence-electron chi connectivity index (χ1n) is 7.83. The first kappa shape index (κ1) is 17.7. The lowest BCUT2D eigenvalue weighted by Gasteiger charge is -2.35. The molecule has 0 aliphatic carbocycles. The maximum absolute atomic E-state index is 12.2. The second kappa shape index (κ2) is 7.86. The third-order valence-electron chi connectivity index (χ3n) is 3.91. The molecule has 25 heavy (non-hydrogen) atoms. The van der Waals surface area contributed by atoms with Gasteiger partial charge in [0.1, 0.15) is 11.0 Å². The smallest absolute Gasteiger partial charge is 0.238 e. The lowest BCUT2D eigenvalue weighted by Crippen LogP contribution is -2.49. The van der Waals surface area contributed by atoms with Gasteiger partial charge in [-0.05, 0) is 12.1 Å². The SMILES string of the molecule is Nc1nc(Cl)cc(N2CCN(CC(=O)Nc3ccccc3Cl)CC2)n1. The highest BCUT2D eigenvalue weighted by Gasteiger charge is 2.21. The van der Waals surface area contributed by atoms with Crippen LogP contribution in [0.15, 0.2) is 30.3 Å². The first-order valence-corrected chi connectivity index (χ1v) is 8.58. The first-order chi connectivity index (χ1) is 12.0. The zero-order valence-corrected chi connectivity index (χ0v) is 15.0. The predicted octanol–water partition coefficient (Wildman–Crippen LogP) is 2.13. The summed E-state index contributed by atoms with van der Waals surface area (Å²) in [5.74, 6) is 0.776. The van der Waals surface area contributed by atoms with Gasteiger partial charge in [0.25, 0.3) is 0 Å². The summed E-state index contributed by atoms with van der Waals surface area (Å²) in [4.78, 5) is 24.4. The molecule has 1 saturated heterocycles. The molecule has 1 amide bonds. The van der Waals surface area contributed by atoms with E-state index in [1.54, 1.807) is 18.2 Å². The molecule has 7 nitrogen and oxygen atoms in total. The van der Waals surface area contributed by atoms with Crippen molar-refractivity contribution >= 4 is 46.6 Å². The van der Waals surface area contributed by atoms with Gasteiger partial charge in [-0.2, -0.15) is 4.98 Å². The molecule has 2 heterocycles. The zero-order chi connectivity index (χ0) is 17.8. The van der Waals surface area contributed by atoms with E-state index in [2.05, 4.69) is 25.1 Å². The summed E-state index contributed by atoms with van der Waals surface area (Å²) < 4.78 is 0. The number of piperazine rings is 1. The Kier molecular flexibility index (Phi) is 5.57. The van der Waals surface area contributed by atoms with Crippen molar-refractivity contribution in [1.82, 2.24) is 14.9 Å². The number of aromatic nitrogens is 2. The number of amides is 1. The summed E-state index contributed by atoms with van der Waals surface area (Å²) in [5.41, 5.74) is 6.26. The van der Waals surface area contributed by atoms with Gasteiger partial charge in [-0.1, -0.05) is 35.3 Å². The minimum Gasteiger partial charge on any atom is -0.368 e. The van der Waals surface area contributed by atoms with Gasteiger partial charge >= 0.3 is 0 Å². The van der Waals surface area contributed by atoms with E-state index in [-0.39, 0.29) is 11.9 Å². The molecule has 1 aromatic heterocycles. The number of nitrogen functional groups attached to an aromatic ring is 1. The van der Waals surface area contributed by atoms with Crippen LogP contribution in [0.5, 0.6) is 0 Å². The van der Waals surface area contributed by atoms with Crippen LogP contribution in [0.2, 0.25) is 10.2 Å². The summed E-state index contributed by atoms with van der Waals surface area (Å²) in [6.07, 6.45) is 0. The lowest BCUT2D eigenvalue weighted by atomic mass is 10.3. The highest BCUT2D eigenvalue weighted by atomic mass is 35.5. The fourth-order valence-electron chi connectivity index (χ4n) is 2.68. The van der Waals surface area contributed by atoms with Crippen molar-refractivity contribution in [2.75, 3.05) is 48.7 Å². The average Bonchev–Trinajstić information content (AvgIpc) is 2.57.